The lowest BCUT2D eigenvalue weighted by molar-refractivity contribution is -0.114. The molecule has 0 saturated carbocycles. The summed E-state index contributed by atoms with van der Waals surface area (Å²) in [5, 5.41) is 2.60. The van der Waals surface area contributed by atoms with E-state index < -0.39 is 32.5 Å². The van der Waals surface area contributed by atoms with Crippen molar-refractivity contribution >= 4 is 37.3 Å². The molecule has 1 N–H and O–H groups in total. The van der Waals surface area contributed by atoms with E-state index in [0.29, 0.717) is 37.8 Å². The van der Waals surface area contributed by atoms with Crippen molar-refractivity contribution in [1.82, 2.24) is 4.31 Å². The minimum Gasteiger partial charge on any atom is -0.495 e. The first kappa shape index (κ1) is 26.0. The predicted octanol–water partition coefficient (Wildman–Crippen LogP) is 2.05. The number of hydrogen-bond acceptors (Lipinski definition) is 8. The van der Waals surface area contributed by atoms with Gasteiger partial charge < -0.3 is 19.5 Å². The zero-order valence-corrected chi connectivity index (χ0v) is 21.7. The van der Waals surface area contributed by atoms with Crippen LogP contribution < -0.4 is 23.8 Å². The predicted molar refractivity (Wildman–Crippen MR) is 134 cm³/mol. The van der Waals surface area contributed by atoms with Crippen molar-refractivity contribution in [2.75, 3.05) is 55.8 Å². The second kappa shape index (κ2) is 10.5. The van der Waals surface area contributed by atoms with Crippen molar-refractivity contribution in [1.29, 1.82) is 0 Å². The van der Waals surface area contributed by atoms with Gasteiger partial charge in [0.2, 0.25) is 26.0 Å². The van der Waals surface area contributed by atoms with Crippen LogP contribution in [0.1, 0.15) is 19.3 Å². The molecule has 1 saturated heterocycles. The Hall–Kier alpha value is -3.03. The first-order valence-electron chi connectivity index (χ1n) is 11.4. The van der Waals surface area contributed by atoms with Gasteiger partial charge in [0.15, 0.2) is 11.5 Å². The maximum absolute atomic E-state index is 13.1. The molecule has 13 heteroatoms. The largest absolute Gasteiger partial charge is 0.495 e. The Bertz CT molecular complexity index is 1340. The highest BCUT2D eigenvalue weighted by Gasteiger charge is 2.28. The lowest BCUT2D eigenvalue weighted by Crippen LogP contribution is -2.37. The summed E-state index contributed by atoms with van der Waals surface area (Å²) in [5.74, 6) is 0.428. The number of amides is 1. The van der Waals surface area contributed by atoms with E-state index in [0.717, 1.165) is 29.8 Å². The first-order chi connectivity index (χ1) is 17.1. The van der Waals surface area contributed by atoms with Gasteiger partial charge in [-0.2, -0.15) is 4.31 Å². The molecule has 0 atom stereocenters. The number of anilines is 2. The van der Waals surface area contributed by atoms with E-state index in [-0.39, 0.29) is 22.0 Å². The topological polar surface area (TPSA) is 132 Å². The number of fused-ring (bicyclic) bond motifs is 1. The molecule has 2 aromatic carbocycles. The molecular formula is C23H29N3O8S2. The maximum atomic E-state index is 13.1. The van der Waals surface area contributed by atoms with Crippen LogP contribution in [0.2, 0.25) is 0 Å². The Balaban J connectivity index is 1.57. The number of nitrogens with zero attached hydrogens (tertiary/aromatic N) is 2. The highest BCUT2D eigenvalue weighted by Crippen LogP contribution is 2.35. The number of ether oxygens (including phenoxy) is 3. The second-order valence-electron chi connectivity index (χ2n) is 8.47. The first-order valence-corrected chi connectivity index (χ1v) is 14.7. The molecule has 196 valence electrons. The fourth-order valence-corrected chi connectivity index (χ4v) is 6.50. The van der Waals surface area contributed by atoms with Crippen molar-refractivity contribution in [3.63, 3.8) is 0 Å². The number of carbonyl (C=O) groups excluding carboxylic acids is 1. The molecule has 2 aliphatic heterocycles. The van der Waals surface area contributed by atoms with Gasteiger partial charge in [0.05, 0.1) is 29.6 Å². The van der Waals surface area contributed by atoms with Gasteiger partial charge in [0.1, 0.15) is 25.5 Å². The normalized spacial score (nSPS) is 16.3. The van der Waals surface area contributed by atoms with Gasteiger partial charge in [0, 0.05) is 19.2 Å². The Morgan fingerprint density at radius 2 is 1.69 bits per heavy atom. The lowest BCUT2D eigenvalue weighted by Gasteiger charge is -2.26. The highest BCUT2D eigenvalue weighted by atomic mass is 32.2. The van der Waals surface area contributed by atoms with Crippen LogP contribution in [-0.2, 0) is 24.8 Å². The van der Waals surface area contributed by atoms with Gasteiger partial charge in [0.25, 0.3) is 0 Å². The number of methoxy groups -OCH3 is 1. The molecule has 11 nitrogen and oxygen atoms in total. The van der Waals surface area contributed by atoms with Crippen molar-refractivity contribution in [3.05, 3.63) is 36.4 Å². The molecule has 2 heterocycles. The lowest BCUT2D eigenvalue weighted by atomic mass is 10.2. The summed E-state index contributed by atoms with van der Waals surface area (Å²) in [5.41, 5.74) is 0.349. The third-order valence-corrected chi connectivity index (χ3v) is 8.93. The molecule has 2 aliphatic rings. The van der Waals surface area contributed by atoms with E-state index in [4.69, 9.17) is 14.2 Å². The van der Waals surface area contributed by atoms with E-state index in [1.54, 1.807) is 6.07 Å². The summed E-state index contributed by atoms with van der Waals surface area (Å²) < 4.78 is 69.9. The Kier molecular flexibility index (Phi) is 7.62. The number of rotatable bonds is 8. The van der Waals surface area contributed by atoms with Crippen LogP contribution in [0, 0.1) is 0 Å². The van der Waals surface area contributed by atoms with Crippen LogP contribution in [0.4, 0.5) is 11.4 Å². The fraction of sp³-hybridized carbons (Fsp3) is 0.435. The summed E-state index contributed by atoms with van der Waals surface area (Å²) in [4.78, 5) is 13.0. The third-order valence-electron chi connectivity index (χ3n) is 5.90. The van der Waals surface area contributed by atoms with Crippen LogP contribution in [-0.4, -0.2) is 73.3 Å². The molecule has 0 unspecified atom stereocenters. The summed E-state index contributed by atoms with van der Waals surface area (Å²) >= 11 is 0. The number of hydrogen-bond donors (Lipinski definition) is 1. The van der Waals surface area contributed by atoms with Gasteiger partial charge in [-0.15, -0.1) is 0 Å². The van der Waals surface area contributed by atoms with E-state index in [1.165, 1.54) is 41.7 Å². The second-order valence-corrected chi connectivity index (χ2v) is 12.3. The molecule has 1 amide bonds. The number of carbonyl (C=O) groups is 1. The number of benzene rings is 2. The summed E-state index contributed by atoms with van der Waals surface area (Å²) in [6.45, 7) is 1.04. The van der Waals surface area contributed by atoms with E-state index >= 15 is 0 Å². The highest BCUT2D eigenvalue weighted by molar-refractivity contribution is 7.92. The minimum atomic E-state index is -3.85. The molecule has 0 bridgehead atoms. The number of piperidine rings is 1. The fourth-order valence-electron chi connectivity index (χ4n) is 4.11. The molecule has 0 aliphatic carbocycles. The van der Waals surface area contributed by atoms with Gasteiger partial charge in [-0.25, -0.2) is 16.8 Å². The van der Waals surface area contributed by atoms with Crippen molar-refractivity contribution in [2.45, 2.75) is 24.2 Å². The number of sulfonamides is 2. The standard InChI is InChI=1S/C23H29N3O8S2/c1-32-20-9-7-18(36(30,31)25-10-4-3-5-11-25)15-19(20)24-23(27)16-26(35(2,28)29)17-6-8-21-22(14-17)34-13-12-33-21/h6-9,14-15H,3-5,10-13,16H2,1-2H3,(H,24,27). The quantitative estimate of drug-likeness (QED) is 0.539. The molecule has 36 heavy (non-hydrogen) atoms. The molecule has 4 rings (SSSR count). The van der Waals surface area contributed by atoms with E-state index in [2.05, 4.69) is 5.32 Å². The van der Waals surface area contributed by atoms with Gasteiger partial charge >= 0.3 is 0 Å². The molecular weight excluding hydrogens is 510 g/mol. The molecule has 1 fully saturated rings. The van der Waals surface area contributed by atoms with Crippen LogP contribution >= 0.6 is 0 Å². The maximum Gasteiger partial charge on any atom is 0.245 e. The summed E-state index contributed by atoms with van der Waals surface area (Å²) in [6.07, 6.45) is 3.56. The van der Waals surface area contributed by atoms with Gasteiger partial charge in [-0.05, 0) is 43.2 Å². The smallest absolute Gasteiger partial charge is 0.245 e. The summed E-state index contributed by atoms with van der Waals surface area (Å²) in [7, 11) is -6.21. The van der Waals surface area contributed by atoms with Gasteiger partial charge in [-0.3, -0.25) is 9.10 Å². The molecule has 0 aromatic heterocycles. The average Bonchev–Trinajstić information content (AvgIpc) is 2.87. The van der Waals surface area contributed by atoms with E-state index in [1.807, 2.05) is 0 Å². The van der Waals surface area contributed by atoms with Crippen LogP contribution in [0.3, 0.4) is 0 Å². The SMILES string of the molecule is COc1ccc(S(=O)(=O)N2CCCCC2)cc1NC(=O)CN(c1ccc2c(c1)OCCO2)S(C)(=O)=O. The Morgan fingerprint density at radius 1 is 1.00 bits per heavy atom. The van der Waals surface area contributed by atoms with Crippen molar-refractivity contribution in [2.24, 2.45) is 0 Å². The van der Waals surface area contributed by atoms with Gasteiger partial charge in [-0.1, -0.05) is 6.42 Å². The molecule has 0 radical (unpaired) electrons. The number of nitrogens with one attached hydrogen (secondary N) is 1. The van der Waals surface area contributed by atoms with Crippen LogP contribution in [0.25, 0.3) is 0 Å². The van der Waals surface area contributed by atoms with Crippen LogP contribution in [0.15, 0.2) is 41.3 Å². The van der Waals surface area contributed by atoms with Crippen molar-refractivity contribution < 1.29 is 35.8 Å². The van der Waals surface area contributed by atoms with Crippen molar-refractivity contribution in [3.8, 4) is 17.2 Å². The monoisotopic (exact) mass is 539 g/mol. The minimum absolute atomic E-state index is 0.0207. The third kappa shape index (κ3) is 5.68. The average molecular weight is 540 g/mol. The van der Waals surface area contributed by atoms with E-state index in [9.17, 15) is 21.6 Å². The zero-order valence-electron chi connectivity index (χ0n) is 20.1. The summed E-state index contributed by atoms with van der Waals surface area (Å²) in [6, 6.07) is 8.81. The Morgan fingerprint density at radius 3 is 2.36 bits per heavy atom. The molecule has 2 aromatic rings. The molecule has 0 spiro atoms. The zero-order chi connectivity index (χ0) is 25.9. The van der Waals surface area contributed by atoms with Crippen LogP contribution in [0.5, 0.6) is 17.2 Å². The Labute approximate surface area is 211 Å².